The van der Waals surface area contributed by atoms with Gasteiger partial charge >= 0.3 is 0 Å². The van der Waals surface area contributed by atoms with Crippen LogP contribution in [0.3, 0.4) is 0 Å². The molecule has 0 aliphatic heterocycles. The molecule has 0 spiro atoms. The molecule has 1 heterocycles. The average molecular weight is 287 g/mol. The lowest BCUT2D eigenvalue weighted by molar-refractivity contribution is 0.0921. The zero-order chi connectivity index (χ0) is 14.7. The van der Waals surface area contributed by atoms with Crippen molar-refractivity contribution < 1.29 is 13.6 Å². The van der Waals surface area contributed by atoms with Gasteiger partial charge in [0.15, 0.2) is 0 Å². The van der Waals surface area contributed by atoms with Crippen molar-refractivity contribution in [2.75, 3.05) is 0 Å². The maximum absolute atomic E-state index is 13.1. The number of rotatable bonds is 4. The molecule has 21 heavy (non-hydrogen) atoms. The van der Waals surface area contributed by atoms with Crippen molar-refractivity contribution in [2.24, 2.45) is 5.92 Å². The number of amides is 1. The van der Waals surface area contributed by atoms with Crippen LogP contribution in [-0.2, 0) is 0 Å². The fourth-order valence-corrected chi connectivity index (χ4v) is 3.05. The number of carbonyl (C=O) groups is 1. The summed E-state index contributed by atoms with van der Waals surface area (Å²) < 4.78 is 18.1. The van der Waals surface area contributed by atoms with Gasteiger partial charge in [-0.3, -0.25) is 4.79 Å². The Morgan fingerprint density at radius 1 is 1.19 bits per heavy atom. The third-order valence-corrected chi connectivity index (χ3v) is 4.17. The van der Waals surface area contributed by atoms with E-state index in [1.807, 2.05) is 0 Å². The van der Waals surface area contributed by atoms with Crippen LogP contribution in [0, 0.1) is 11.7 Å². The van der Waals surface area contributed by atoms with Crippen molar-refractivity contribution in [3.8, 4) is 0 Å². The first kappa shape index (κ1) is 13.9. The van der Waals surface area contributed by atoms with Gasteiger partial charge in [0, 0.05) is 0 Å². The Bertz CT molecular complexity index is 586. The van der Waals surface area contributed by atoms with Crippen LogP contribution in [0.15, 0.2) is 47.3 Å². The fourth-order valence-electron chi connectivity index (χ4n) is 3.05. The highest BCUT2D eigenvalue weighted by Crippen LogP contribution is 2.36. The van der Waals surface area contributed by atoms with Crippen molar-refractivity contribution >= 4 is 5.91 Å². The topological polar surface area (TPSA) is 42.2 Å². The molecule has 2 aromatic rings. The maximum Gasteiger partial charge on any atom is 0.255 e. The Morgan fingerprint density at radius 3 is 2.52 bits per heavy atom. The summed E-state index contributed by atoms with van der Waals surface area (Å²) in [5.74, 6) is 0.00127. The van der Waals surface area contributed by atoms with Gasteiger partial charge in [0.25, 0.3) is 5.91 Å². The highest BCUT2D eigenvalue weighted by atomic mass is 19.1. The van der Waals surface area contributed by atoms with Crippen LogP contribution in [0.1, 0.15) is 47.6 Å². The Balaban J connectivity index is 1.82. The van der Waals surface area contributed by atoms with E-state index < -0.39 is 0 Å². The minimum Gasteiger partial charge on any atom is -0.472 e. The Hall–Kier alpha value is -2.10. The molecule has 1 N–H and O–H groups in total. The standard InChI is InChI=1S/C17H18FNO2/c18-15-7-5-13(6-8-15)16(12-3-1-2-4-12)19-17(20)14-9-10-21-11-14/h5-12,16H,1-4H2,(H,19,20)/t16-/m0/s1. The molecule has 1 amide bonds. The molecule has 1 aromatic carbocycles. The molecule has 1 saturated carbocycles. The number of hydrogen-bond acceptors (Lipinski definition) is 2. The minimum absolute atomic E-state index is 0.0736. The first-order chi connectivity index (χ1) is 10.2. The van der Waals surface area contributed by atoms with Crippen molar-refractivity contribution in [1.82, 2.24) is 5.32 Å². The fraction of sp³-hybridized carbons (Fsp3) is 0.353. The van der Waals surface area contributed by atoms with E-state index in [1.54, 1.807) is 18.2 Å². The van der Waals surface area contributed by atoms with Crippen molar-refractivity contribution in [1.29, 1.82) is 0 Å². The summed E-state index contributed by atoms with van der Waals surface area (Å²) in [6.45, 7) is 0. The molecule has 1 fully saturated rings. The normalized spacial score (nSPS) is 16.8. The minimum atomic E-state index is -0.259. The summed E-state index contributed by atoms with van der Waals surface area (Å²) in [4.78, 5) is 12.3. The van der Waals surface area contributed by atoms with Crippen LogP contribution >= 0.6 is 0 Å². The van der Waals surface area contributed by atoms with E-state index >= 15 is 0 Å². The molecule has 1 aromatic heterocycles. The van der Waals surface area contributed by atoms with Gasteiger partial charge in [-0.25, -0.2) is 4.39 Å². The van der Waals surface area contributed by atoms with Gasteiger partial charge in [-0.15, -0.1) is 0 Å². The van der Waals surface area contributed by atoms with Crippen LogP contribution in [0.2, 0.25) is 0 Å². The molecular weight excluding hydrogens is 269 g/mol. The molecule has 4 heteroatoms. The van der Waals surface area contributed by atoms with E-state index in [1.165, 1.54) is 37.5 Å². The summed E-state index contributed by atoms with van der Waals surface area (Å²) >= 11 is 0. The summed E-state index contributed by atoms with van der Waals surface area (Å²) in [6, 6.07) is 7.98. The Kier molecular flexibility index (Phi) is 4.04. The Labute approximate surface area is 123 Å². The monoisotopic (exact) mass is 287 g/mol. The first-order valence-corrected chi connectivity index (χ1v) is 7.32. The van der Waals surface area contributed by atoms with Gasteiger partial charge in [0.2, 0.25) is 0 Å². The second-order valence-corrected chi connectivity index (χ2v) is 5.56. The number of halogens is 1. The predicted molar refractivity (Wildman–Crippen MR) is 77.3 cm³/mol. The molecule has 0 bridgehead atoms. The molecule has 0 radical (unpaired) electrons. The van der Waals surface area contributed by atoms with Crippen LogP contribution in [0.5, 0.6) is 0 Å². The van der Waals surface area contributed by atoms with Gasteiger partial charge in [-0.05, 0) is 42.5 Å². The molecule has 0 unspecified atom stereocenters. The quantitative estimate of drug-likeness (QED) is 0.920. The molecule has 0 saturated heterocycles. The van der Waals surface area contributed by atoms with E-state index in [2.05, 4.69) is 5.32 Å². The highest BCUT2D eigenvalue weighted by Gasteiger charge is 2.28. The van der Waals surface area contributed by atoms with Crippen LogP contribution in [0.4, 0.5) is 4.39 Å². The van der Waals surface area contributed by atoms with E-state index in [0.717, 1.165) is 18.4 Å². The zero-order valence-corrected chi connectivity index (χ0v) is 11.7. The number of furan rings is 1. The summed E-state index contributed by atoms with van der Waals surface area (Å²) in [5, 5.41) is 3.08. The highest BCUT2D eigenvalue weighted by molar-refractivity contribution is 5.94. The van der Waals surface area contributed by atoms with Gasteiger partial charge in [-0.2, -0.15) is 0 Å². The van der Waals surface area contributed by atoms with Gasteiger partial charge in [0.1, 0.15) is 12.1 Å². The third-order valence-electron chi connectivity index (χ3n) is 4.17. The lowest BCUT2D eigenvalue weighted by atomic mass is 9.91. The lowest BCUT2D eigenvalue weighted by Gasteiger charge is -2.25. The summed E-state index contributed by atoms with van der Waals surface area (Å²) in [6.07, 6.45) is 7.47. The molecule has 1 aliphatic rings. The smallest absolute Gasteiger partial charge is 0.255 e. The number of hydrogen-bond donors (Lipinski definition) is 1. The van der Waals surface area contributed by atoms with Crippen molar-refractivity contribution in [3.63, 3.8) is 0 Å². The lowest BCUT2D eigenvalue weighted by Crippen LogP contribution is -2.32. The van der Waals surface area contributed by atoms with E-state index in [9.17, 15) is 9.18 Å². The molecule has 110 valence electrons. The number of carbonyl (C=O) groups excluding carboxylic acids is 1. The van der Waals surface area contributed by atoms with Crippen LogP contribution < -0.4 is 5.32 Å². The van der Waals surface area contributed by atoms with Gasteiger partial charge < -0.3 is 9.73 Å². The largest absolute Gasteiger partial charge is 0.472 e. The zero-order valence-electron chi connectivity index (χ0n) is 11.7. The van der Waals surface area contributed by atoms with E-state index in [-0.39, 0.29) is 17.8 Å². The number of benzene rings is 1. The second kappa shape index (κ2) is 6.12. The van der Waals surface area contributed by atoms with Gasteiger partial charge in [-0.1, -0.05) is 25.0 Å². The predicted octanol–water partition coefficient (Wildman–Crippen LogP) is 4.08. The molecule has 3 rings (SSSR count). The van der Waals surface area contributed by atoms with E-state index in [4.69, 9.17) is 4.42 Å². The van der Waals surface area contributed by atoms with Crippen LogP contribution in [-0.4, -0.2) is 5.91 Å². The maximum atomic E-state index is 13.1. The SMILES string of the molecule is O=C(N[C@H](c1ccc(F)cc1)C1CCCC1)c1ccoc1. The van der Waals surface area contributed by atoms with Crippen LogP contribution in [0.25, 0.3) is 0 Å². The average Bonchev–Trinajstić information content (AvgIpc) is 3.19. The Morgan fingerprint density at radius 2 is 1.90 bits per heavy atom. The second-order valence-electron chi connectivity index (χ2n) is 5.56. The number of nitrogens with one attached hydrogen (secondary N) is 1. The molecular formula is C17H18FNO2. The van der Waals surface area contributed by atoms with Crippen molar-refractivity contribution in [3.05, 3.63) is 59.8 Å². The molecule has 3 nitrogen and oxygen atoms in total. The van der Waals surface area contributed by atoms with Gasteiger partial charge in [0.05, 0.1) is 17.9 Å². The third kappa shape index (κ3) is 3.15. The van der Waals surface area contributed by atoms with Crippen molar-refractivity contribution in [2.45, 2.75) is 31.7 Å². The molecule has 1 atom stereocenters. The van der Waals surface area contributed by atoms with E-state index in [0.29, 0.717) is 11.5 Å². The summed E-state index contributed by atoms with van der Waals surface area (Å²) in [7, 11) is 0. The summed E-state index contributed by atoms with van der Waals surface area (Å²) in [5.41, 5.74) is 1.47. The molecule has 1 aliphatic carbocycles. The first-order valence-electron chi connectivity index (χ1n) is 7.32.